The third-order valence-corrected chi connectivity index (χ3v) is 5.82. The lowest BCUT2D eigenvalue weighted by molar-refractivity contribution is -0.148. The molecular formula is C20H30N2O. The van der Waals surface area contributed by atoms with Gasteiger partial charge < -0.3 is 10.6 Å². The maximum atomic E-state index is 13.2. The Morgan fingerprint density at radius 2 is 1.96 bits per heavy atom. The van der Waals surface area contributed by atoms with Crippen LogP contribution in [-0.4, -0.2) is 30.4 Å². The van der Waals surface area contributed by atoms with Crippen LogP contribution in [0.4, 0.5) is 0 Å². The van der Waals surface area contributed by atoms with Crippen molar-refractivity contribution in [3.05, 3.63) is 35.9 Å². The molecule has 1 aromatic rings. The summed E-state index contributed by atoms with van der Waals surface area (Å²) in [5.41, 5.74) is 7.28. The van der Waals surface area contributed by atoms with Crippen LogP contribution in [0, 0.1) is 17.3 Å². The highest BCUT2D eigenvalue weighted by atomic mass is 16.2. The fourth-order valence-electron chi connectivity index (χ4n) is 4.58. The van der Waals surface area contributed by atoms with Gasteiger partial charge in [0.2, 0.25) is 5.91 Å². The molecule has 0 aromatic heterocycles. The van der Waals surface area contributed by atoms with Crippen molar-refractivity contribution >= 4 is 5.91 Å². The first-order chi connectivity index (χ1) is 11.1. The first-order valence-electron chi connectivity index (χ1n) is 9.10. The molecule has 1 heterocycles. The summed E-state index contributed by atoms with van der Waals surface area (Å²) in [6.07, 6.45) is 4.38. The first kappa shape index (κ1) is 16.5. The van der Waals surface area contributed by atoms with Crippen LogP contribution in [0.25, 0.3) is 0 Å². The van der Waals surface area contributed by atoms with E-state index in [0.29, 0.717) is 30.2 Å². The fraction of sp³-hybridized carbons (Fsp3) is 0.650. The topological polar surface area (TPSA) is 46.3 Å². The molecule has 1 aliphatic heterocycles. The van der Waals surface area contributed by atoms with Crippen LogP contribution in [0.5, 0.6) is 0 Å². The van der Waals surface area contributed by atoms with Gasteiger partial charge in [0, 0.05) is 24.4 Å². The van der Waals surface area contributed by atoms with Crippen LogP contribution < -0.4 is 5.73 Å². The molecule has 2 N–H and O–H groups in total. The summed E-state index contributed by atoms with van der Waals surface area (Å²) in [6.45, 7) is 6.78. The summed E-state index contributed by atoms with van der Waals surface area (Å²) in [4.78, 5) is 15.3. The molecule has 0 bridgehead atoms. The number of hydrogen-bond donors (Lipinski definition) is 1. The van der Waals surface area contributed by atoms with E-state index in [4.69, 9.17) is 5.73 Å². The number of carbonyl (C=O) groups is 1. The average Bonchev–Trinajstić information content (AvgIpc) is 2.95. The lowest BCUT2D eigenvalue weighted by Gasteiger charge is -2.44. The van der Waals surface area contributed by atoms with Crippen molar-refractivity contribution in [2.24, 2.45) is 23.0 Å². The number of amides is 1. The van der Waals surface area contributed by atoms with Gasteiger partial charge in [0.1, 0.15) is 0 Å². The molecule has 3 rings (SSSR count). The molecule has 1 aromatic carbocycles. The van der Waals surface area contributed by atoms with Crippen LogP contribution in [0.15, 0.2) is 30.3 Å². The van der Waals surface area contributed by atoms with Gasteiger partial charge in [-0.3, -0.25) is 4.79 Å². The van der Waals surface area contributed by atoms with Crippen molar-refractivity contribution in [1.29, 1.82) is 0 Å². The molecule has 3 heteroatoms. The van der Waals surface area contributed by atoms with Gasteiger partial charge in [-0.15, -0.1) is 0 Å². The molecule has 2 fully saturated rings. The number of nitrogens with two attached hydrogens (primary N) is 1. The largest absolute Gasteiger partial charge is 0.341 e. The first-order valence-corrected chi connectivity index (χ1v) is 9.10. The van der Waals surface area contributed by atoms with E-state index in [0.717, 1.165) is 32.4 Å². The van der Waals surface area contributed by atoms with Gasteiger partial charge in [-0.25, -0.2) is 0 Å². The van der Waals surface area contributed by atoms with Crippen LogP contribution in [-0.2, 0) is 4.79 Å². The third-order valence-electron chi connectivity index (χ3n) is 5.82. The Hall–Kier alpha value is -1.35. The quantitative estimate of drug-likeness (QED) is 0.905. The smallest absolute Gasteiger partial charge is 0.228 e. The fourth-order valence-corrected chi connectivity index (χ4v) is 4.58. The monoisotopic (exact) mass is 314 g/mol. The van der Waals surface area contributed by atoms with E-state index in [1.54, 1.807) is 0 Å². The summed E-state index contributed by atoms with van der Waals surface area (Å²) in [7, 11) is 0. The summed E-state index contributed by atoms with van der Waals surface area (Å²) < 4.78 is 0. The van der Waals surface area contributed by atoms with Gasteiger partial charge in [0.25, 0.3) is 0 Å². The molecular weight excluding hydrogens is 284 g/mol. The van der Waals surface area contributed by atoms with E-state index in [-0.39, 0.29) is 5.41 Å². The van der Waals surface area contributed by atoms with Crippen LogP contribution in [0.3, 0.4) is 0 Å². The van der Waals surface area contributed by atoms with E-state index in [1.165, 1.54) is 12.0 Å². The average molecular weight is 314 g/mol. The molecule has 23 heavy (non-hydrogen) atoms. The second-order valence-corrected chi connectivity index (χ2v) is 7.95. The molecule has 2 atom stereocenters. The standard InChI is InChI=1S/C20H30N2O/c1-15(2)11-20(9-6-10-20)19(23)22-13-17(12-21)18(14-22)16-7-4-3-5-8-16/h3-5,7-8,15,17-18H,6,9-14,21H2,1-2H3/t17-,18+/m1/s1. The molecule has 1 saturated heterocycles. The lowest BCUT2D eigenvalue weighted by Crippen LogP contribution is -2.48. The number of rotatable bonds is 5. The normalized spacial score (nSPS) is 26.3. The Morgan fingerprint density at radius 1 is 1.26 bits per heavy atom. The van der Waals surface area contributed by atoms with Gasteiger partial charge >= 0.3 is 0 Å². The maximum Gasteiger partial charge on any atom is 0.228 e. The predicted octanol–water partition coefficient (Wildman–Crippen LogP) is 3.40. The predicted molar refractivity (Wildman–Crippen MR) is 94.0 cm³/mol. The van der Waals surface area contributed by atoms with Crippen molar-refractivity contribution < 1.29 is 4.79 Å². The van der Waals surface area contributed by atoms with E-state index in [2.05, 4.69) is 43.0 Å². The Bertz CT molecular complexity index is 536. The Balaban J connectivity index is 1.75. The zero-order valence-electron chi connectivity index (χ0n) is 14.5. The minimum Gasteiger partial charge on any atom is -0.341 e. The minimum atomic E-state index is -0.0705. The highest BCUT2D eigenvalue weighted by molar-refractivity contribution is 5.84. The maximum absolute atomic E-state index is 13.2. The number of nitrogens with zero attached hydrogens (tertiary/aromatic N) is 1. The molecule has 3 nitrogen and oxygen atoms in total. The molecule has 126 valence electrons. The van der Waals surface area contributed by atoms with Gasteiger partial charge in [0.05, 0.1) is 0 Å². The summed E-state index contributed by atoms with van der Waals surface area (Å²) in [6, 6.07) is 10.6. The highest BCUT2D eigenvalue weighted by Gasteiger charge is 2.48. The molecule has 1 amide bonds. The molecule has 1 saturated carbocycles. The van der Waals surface area contributed by atoms with Crippen LogP contribution in [0.2, 0.25) is 0 Å². The minimum absolute atomic E-state index is 0.0705. The van der Waals surface area contributed by atoms with E-state index in [9.17, 15) is 4.79 Å². The van der Waals surface area contributed by atoms with Crippen molar-refractivity contribution in [1.82, 2.24) is 4.90 Å². The lowest BCUT2D eigenvalue weighted by atomic mass is 9.63. The van der Waals surface area contributed by atoms with Crippen molar-refractivity contribution in [2.45, 2.75) is 45.4 Å². The van der Waals surface area contributed by atoms with E-state index >= 15 is 0 Å². The second kappa shape index (κ2) is 6.64. The highest BCUT2D eigenvalue weighted by Crippen LogP contribution is 2.48. The third kappa shape index (κ3) is 3.16. The van der Waals surface area contributed by atoms with Crippen molar-refractivity contribution in [3.8, 4) is 0 Å². The zero-order valence-corrected chi connectivity index (χ0v) is 14.5. The zero-order chi connectivity index (χ0) is 16.4. The molecule has 0 unspecified atom stereocenters. The summed E-state index contributed by atoms with van der Waals surface area (Å²) >= 11 is 0. The molecule has 0 radical (unpaired) electrons. The number of benzene rings is 1. The van der Waals surface area contributed by atoms with Gasteiger partial charge in [0.15, 0.2) is 0 Å². The number of likely N-dealkylation sites (tertiary alicyclic amines) is 1. The van der Waals surface area contributed by atoms with Crippen LogP contribution in [0.1, 0.15) is 51.0 Å². The summed E-state index contributed by atoms with van der Waals surface area (Å²) in [5, 5.41) is 0. The second-order valence-electron chi connectivity index (χ2n) is 7.95. The Labute approximate surface area is 140 Å². The van der Waals surface area contributed by atoms with E-state index < -0.39 is 0 Å². The van der Waals surface area contributed by atoms with E-state index in [1.807, 2.05) is 6.07 Å². The number of carbonyl (C=O) groups excluding carboxylic acids is 1. The molecule has 2 aliphatic rings. The van der Waals surface area contributed by atoms with Gasteiger partial charge in [-0.2, -0.15) is 0 Å². The Morgan fingerprint density at radius 3 is 2.48 bits per heavy atom. The number of hydrogen-bond acceptors (Lipinski definition) is 2. The van der Waals surface area contributed by atoms with Crippen molar-refractivity contribution in [2.75, 3.05) is 19.6 Å². The van der Waals surface area contributed by atoms with Gasteiger partial charge in [-0.05, 0) is 43.2 Å². The molecule has 1 aliphatic carbocycles. The molecule has 0 spiro atoms. The summed E-state index contributed by atoms with van der Waals surface area (Å²) in [5.74, 6) is 1.75. The van der Waals surface area contributed by atoms with Gasteiger partial charge in [-0.1, -0.05) is 50.6 Å². The van der Waals surface area contributed by atoms with Crippen molar-refractivity contribution in [3.63, 3.8) is 0 Å². The SMILES string of the molecule is CC(C)CC1(C(=O)N2C[C@@H](CN)[C@H](c3ccccc3)C2)CCC1. The Kier molecular flexibility index (Phi) is 4.77. The van der Waals surface area contributed by atoms with Crippen LogP contribution >= 0.6 is 0 Å².